The Morgan fingerprint density at radius 2 is 1.69 bits per heavy atom. The van der Waals surface area contributed by atoms with Gasteiger partial charge >= 0.3 is 17.9 Å². The molecule has 0 radical (unpaired) electrons. The Balaban J connectivity index is 4.93. The summed E-state index contributed by atoms with van der Waals surface area (Å²) < 4.78 is 0. The SMILES string of the molecule is CCN(CC(=O)O)C(C(=O)O)C(N)C(=O)O. The lowest BCUT2D eigenvalue weighted by atomic mass is 10.1. The van der Waals surface area contributed by atoms with Crippen molar-refractivity contribution in [3.05, 3.63) is 0 Å². The Labute approximate surface area is 91.3 Å². The second kappa shape index (κ2) is 6.03. The van der Waals surface area contributed by atoms with Crippen LogP contribution in [-0.2, 0) is 14.4 Å². The molecule has 0 fully saturated rings. The lowest BCUT2D eigenvalue weighted by Crippen LogP contribution is -2.57. The van der Waals surface area contributed by atoms with E-state index in [2.05, 4.69) is 0 Å². The topological polar surface area (TPSA) is 141 Å². The molecule has 0 saturated heterocycles. The van der Waals surface area contributed by atoms with Crippen molar-refractivity contribution in [3.63, 3.8) is 0 Å². The zero-order chi connectivity index (χ0) is 12.9. The number of aliphatic carboxylic acids is 3. The molecule has 2 atom stereocenters. The summed E-state index contributed by atoms with van der Waals surface area (Å²) in [6.07, 6.45) is 0. The Morgan fingerprint density at radius 3 is 1.94 bits per heavy atom. The summed E-state index contributed by atoms with van der Waals surface area (Å²) in [5, 5.41) is 26.0. The summed E-state index contributed by atoms with van der Waals surface area (Å²) in [5.41, 5.74) is 5.20. The van der Waals surface area contributed by atoms with Gasteiger partial charge in [-0.3, -0.25) is 19.3 Å². The van der Waals surface area contributed by atoms with Crippen LogP contribution in [0.4, 0.5) is 0 Å². The largest absolute Gasteiger partial charge is 0.480 e. The Bertz CT molecular complexity index is 292. The highest BCUT2D eigenvalue weighted by Crippen LogP contribution is 2.04. The first-order valence-corrected chi connectivity index (χ1v) is 4.48. The molecule has 0 saturated carbocycles. The van der Waals surface area contributed by atoms with Crippen molar-refractivity contribution in [3.8, 4) is 0 Å². The monoisotopic (exact) mass is 234 g/mol. The second-order valence-corrected chi connectivity index (χ2v) is 3.10. The molecule has 0 aromatic carbocycles. The van der Waals surface area contributed by atoms with Gasteiger partial charge in [0.25, 0.3) is 0 Å². The summed E-state index contributed by atoms with van der Waals surface area (Å²) >= 11 is 0. The molecule has 8 heteroatoms. The van der Waals surface area contributed by atoms with Crippen molar-refractivity contribution in [2.75, 3.05) is 13.1 Å². The van der Waals surface area contributed by atoms with E-state index in [9.17, 15) is 14.4 Å². The minimum absolute atomic E-state index is 0.0737. The smallest absolute Gasteiger partial charge is 0.323 e. The van der Waals surface area contributed by atoms with E-state index in [1.54, 1.807) is 0 Å². The number of nitrogens with two attached hydrogens (primary N) is 1. The molecule has 0 aromatic heterocycles. The summed E-state index contributed by atoms with van der Waals surface area (Å²) in [6, 6.07) is -3.23. The van der Waals surface area contributed by atoms with Gasteiger partial charge in [-0.1, -0.05) is 6.92 Å². The maximum Gasteiger partial charge on any atom is 0.323 e. The number of nitrogens with zero attached hydrogens (tertiary/aromatic N) is 1. The summed E-state index contributed by atoms with van der Waals surface area (Å²) in [6.45, 7) is 1.02. The van der Waals surface area contributed by atoms with Gasteiger partial charge in [0.05, 0.1) is 6.54 Å². The number of rotatable bonds is 7. The first-order chi connectivity index (χ1) is 7.31. The van der Waals surface area contributed by atoms with Crippen molar-refractivity contribution in [2.24, 2.45) is 5.73 Å². The van der Waals surface area contributed by atoms with Crippen LogP contribution < -0.4 is 5.73 Å². The highest BCUT2D eigenvalue weighted by atomic mass is 16.4. The molecule has 0 heterocycles. The van der Waals surface area contributed by atoms with Crippen molar-refractivity contribution in [2.45, 2.75) is 19.0 Å². The van der Waals surface area contributed by atoms with Gasteiger partial charge in [-0.15, -0.1) is 0 Å². The molecule has 0 bridgehead atoms. The number of carboxylic acids is 3. The third-order valence-corrected chi connectivity index (χ3v) is 2.02. The molecule has 0 aromatic rings. The third kappa shape index (κ3) is 3.83. The van der Waals surface area contributed by atoms with Gasteiger partial charge in [-0.05, 0) is 6.54 Å². The molecule has 0 spiro atoms. The molecule has 0 amide bonds. The van der Waals surface area contributed by atoms with Crippen molar-refractivity contribution in [1.82, 2.24) is 4.90 Å². The second-order valence-electron chi connectivity index (χ2n) is 3.10. The fraction of sp³-hybridized carbons (Fsp3) is 0.625. The van der Waals surface area contributed by atoms with Crippen molar-refractivity contribution < 1.29 is 29.7 Å². The molecule has 8 nitrogen and oxygen atoms in total. The standard InChI is InChI=1S/C8H14N2O6/c1-2-10(3-4(11)12)6(8(15)16)5(9)7(13)14/h5-6H,2-3,9H2,1H3,(H,11,12)(H,13,14)(H,15,16). The highest BCUT2D eigenvalue weighted by Gasteiger charge is 2.35. The van der Waals surface area contributed by atoms with Gasteiger partial charge in [-0.2, -0.15) is 0 Å². The first-order valence-electron chi connectivity index (χ1n) is 4.48. The van der Waals surface area contributed by atoms with E-state index < -0.39 is 36.5 Å². The minimum Gasteiger partial charge on any atom is -0.480 e. The minimum atomic E-state index is -1.67. The average Bonchev–Trinajstić information content (AvgIpc) is 2.14. The van der Waals surface area contributed by atoms with Crippen LogP contribution in [0.15, 0.2) is 0 Å². The van der Waals surface area contributed by atoms with E-state index in [1.807, 2.05) is 0 Å². The van der Waals surface area contributed by atoms with Gasteiger partial charge < -0.3 is 21.1 Å². The number of hydrogen-bond acceptors (Lipinski definition) is 5. The fourth-order valence-electron chi connectivity index (χ4n) is 1.25. The Morgan fingerprint density at radius 1 is 1.19 bits per heavy atom. The predicted molar refractivity (Wildman–Crippen MR) is 51.9 cm³/mol. The molecule has 0 aliphatic carbocycles. The Kier molecular flexibility index (Phi) is 5.40. The molecule has 5 N–H and O–H groups in total. The summed E-state index contributed by atoms with van der Waals surface area (Å²) in [5.74, 6) is -4.19. The van der Waals surface area contributed by atoms with E-state index in [0.717, 1.165) is 4.90 Å². The fourth-order valence-corrected chi connectivity index (χ4v) is 1.25. The third-order valence-electron chi connectivity index (χ3n) is 2.02. The van der Waals surface area contributed by atoms with Crippen LogP contribution in [0.25, 0.3) is 0 Å². The maximum atomic E-state index is 10.8. The van der Waals surface area contributed by atoms with Crippen LogP contribution in [0.2, 0.25) is 0 Å². The van der Waals surface area contributed by atoms with Crippen molar-refractivity contribution >= 4 is 17.9 Å². The molecule has 0 aliphatic heterocycles. The molecule has 0 aliphatic rings. The van der Waals surface area contributed by atoms with E-state index in [4.69, 9.17) is 21.1 Å². The Hall–Kier alpha value is -1.67. The highest BCUT2D eigenvalue weighted by molar-refractivity contribution is 5.85. The number of hydrogen-bond donors (Lipinski definition) is 4. The lowest BCUT2D eigenvalue weighted by Gasteiger charge is -2.28. The molecule has 2 unspecified atom stereocenters. The molecule has 16 heavy (non-hydrogen) atoms. The van der Waals surface area contributed by atoms with Gasteiger partial charge in [0.2, 0.25) is 0 Å². The van der Waals surface area contributed by atoms with Gasteiger partial charge in [0.15, 0.2) is 0 Å². The van der Waals surface area contributed by atoms with E-state index in [1.165, 1.54) is 6.92 Å². The lowest BCUT2D eigenvalue weighted by molar-refractivity contribution is -0.153. The number of carboxylic acid groups (broad SMARTS) is 3. The van der Waals surface area contributed by atoms with Crippen LogP contribution >= 0.6 is 0 Å². The molecule has 92 valence electrons. The summed E-state index contributed by atoms with van der Waals surface area (Å²) in [7, 11) is 0. The maximum absolute atomic E-state index is 10.8. The van der Waals surface area contributed by atoms with E-state index >= 15 is 0 Å². The number of likely N-dealkylation sites (N-methyl/N-ethyl adjacent to an activating group) is 1. The molecular weight excluding hydrogens is 220 g/mol. The van der Waals surface area contributed by atoms with Crippen LogP contribution in [0.1, 0.15) is 6.92 Å². The number of carbonyl (C=O) groups is 3. The van der Waals surface area contributed by atoms with Crippen LogP contribution in [0, 0.1) is 0 Å². The predicted octanol–water partition coefficient (Wildman–Crippen LogP) is -1.74. The van der Waals surface area contributed by atoms with Crippen LogP contribution in [-0.4, -0.2) is 63.3 Å². The normalized spacial score (nSPS) is 14.4. The quantitative estimate of drug-likeness (QED) is 0.406. The zero-order valence-corrected chi connectivity index (χ0v) is 8.66. The van der Waals surface area contributed by atoms with Gasteiger partial charge in [0.1, 0.15) is 12.1 Å². The van der Waals surface area contributed by atoms with Gasteiger partial charge in [0, 0.05) is 0 Å². The summed E-state index contributed by atoms with van der Waals surface area (Å²) in [4.78, 5) is 32.9. The molecular formula is C8H14N2O6. The average molecular weight is 234 g/mol. The van der Waals surface area contributed by atoms with E-state index in [0.29, 0.717) is 0 Å². The van der Waals surface area contributed by atoms with Crippen LogP contribution in [0.5, 0.6) is 0 Å². The van der Waals surface area contributed by atoms with E-state index in [-0.39, 0.29) is 6.54 Å². The van der Waals surface area contributed by atoms with Crippen LogP contribution in [0.3, 0.4) is 0 Å². The van der Waals surface area contributed by atoms with Crippen molar-refractivity contribution in [1.29, 1.82) is 0 Å². The molecule has 0 rings (SSSR count). The zero-order valence-electron chi connectivity index (χ0n) is 8.66. The van der Waals surface area contributed by atoms with Gasteiger partial charge in [-0.25, -0.2) is 0 Å². The first kappa shape index (κ1) is 14.3.